The average molecular weight is 300 g/mol. The van der Waals surface area contributed by atoms with Crippen LogP contribution in [0.3, 0.4) is 0 Å². The zero-order valence-corrected chi connectivity index (χ0v) is 12.1. The highest BCUT2D eigenvalue weighted by Gasteiger charge is 2.14. The van der Waals surface area contributed by atoms with Crippen molar-refractivity contribution in [2.45, 2.75) is 0 Å². The third kappa shape index (κ3) is 2.40. The fourth-order valence-corrected chi connectivity index (χ4v) is 2.59. The Labute approximate surface area is 132 Å². The van der Waals surface area contributed by atoms with Crippen LogP contribution >= 0.6 is 0 Å². The van der Waals surface area contributed by atoms with Crippen LogP contribution in [0.4, 0.5) is 0 Å². The third-order valence-electron chi connectivity index (χ3n) is 3.68. The summed E-state index contributed by atoms with van der Waals surface area (Å²) in [5.74, 6) is 0.0986. The molecule has 2 aromatic carbocycles. The van der Waals surface area contributed by atoms with Gasteiger partial charge in [0.1, 0.15) is 5.75 Å². The molecule has 0 N–H and O–H groups in total. The maximum absolute atomic E-state index is 12.6. The second-order valence-electron chi connectivity index (χ2n) is 5.09. The summed E-state index contributed by atoms with van der Waals surface area (Å²) >= 11 is 0. The second kappa shape index (κ2) is 5.50. The Kier molecular flexibility index (Phi) is 3.20. The van der Waals surface area contributed by atoms with E-state index >= 15 is 0 Å². The fourth-order valence-electron chi connectivity index (χ4n) is 2.59. The van der Waals surface area contributed by atoms with Crippen LogP contribution in [0, 0.1) is 0 Å². The highest BCUT2D eigenvalue weighted by molar-refractivity contribution is 6.04. The van der Waals surface area contributed by atoms with E-state index in [-0.39, 0.29) is 0 Å². The summed E-state index contributed by atoms with van der Waals surface area (Å²) in [6, 6.07) is 18.4. The van der Waals surface area contributed by atoms with Crippen molar-refractivity contribution in [2.24, 2.45) is 0 Å². The second-order valence-corrected chi connectivity index (χ2v) is 5.09. The molecule has 0 atom stereocenters. The molecule has 0 aliphatic carbocycles. The van der Waals surface area contributed by atoms with Gasteiger partial charge < -0.3 is 4.74 Å². The molecule has 110 valence electrons. The number of hydrogen-bond acceptors (Lipinski definition) is 4. The van der Waals surface area contributed by atoms with Crippen LogP contribution in [-0.4, -0.2) is 15.9 Å². The first-order valence-electron chi connectivity index (χ1n) is 7.22. The highest BCUT2D eigenvalue weighted by atomic mass is 16.5. The number of hydrogen-bond donors (Lipinski definition) is 0. The Morgan fingerprint density at radius 2 is 1.35 bits per heavy atom. The molecule has 4 aromatic rings. The zero-order chi connectivity index (χ0) is 15.6. The van der Waals surface area contributed by atoms with Gasteiger partial charge in [0.15, 0.2) is 0 Å². The van der Waals surface area contributed by atoms with Gasteiger partial charge in [0.05, 0.1) is 16.6 Å². The molecule has 2 heterocycles. The molecule has 23 heavy (non-hydrogen) atoms. The average Bonchev–Trinajstić information content (AvgIpc) is 2.61. The van der Waals surface area contributed by atoms with Crippen molar-refractivity contribution in [2.75, 3.05) is 0 Å². The Balaban J connectivity index is 1.77. The molecule has 4 heteroatoms. The lowest BCUT2D eigenvalue weighted by molar-refractivity contribution is 0.0739. The number of carbonyl (C=O) groups is 1. The van der Waals surface area contributed by atoms with Crippen LogP contribution < -0.4 is 4.74 Å². The summed E-state index contributed by atoms with van der Waals surface area (Å²) < 4.78 is 5.62. The number of aromatic nitrogens is 2. The lowest BCUT2D eigenvalue weighted by atomic mass is 10.1. The molecule has 0 aliphatic heterocycles. The first kappa shape index (κ1) is 13.4. The SMILES string of the molecule is O=C(Oc1ccnc2ccccc12)c1ccnc2ccccc12. The Hall–Kier alpha value is -3.27. The molecule has 0 bridgehead atoms. The van der Waals surface area contributed by atoms with E-state index in [1.54, 1.807) is 24.5 Å². The van der Waals surface area contributed by atoms with Crippen LogP contribution in [0.5, 0.6) is 5.75 Å². The van der Waals surface area contributed by atoms with Crippen molar-refractivity contribution >= 4 is 27.8 Å². The number of esters is 1. The van der Waals surface area contributed by atoms with E-state index in [9.17, 15) is 4.79 Å². The van der Waals surface area contributed by atoms with Crippen LogP contribution in [0.2, 0.25) is 0 Å². The molecule has 0 fully saturated rings. The normalized spacial score (nSPS) is 10.8. The molecular formula is C19H12N2O2. The minimum absolute atomic E-state index is 0.403. The number of pyridine rings is 2. The van der Waals surface area contributed by atoms with Crippen molar-refractivity contribution in [1.82, 2.24) is 9.97 Å². The summed E-state index contributed by atoms with van der Waals surface area (Å²) in [4.78, 5) is 21.1. The predicted octanol–water partition coefficient (Wildman–Crippen LogP) is 4.00. The molecule has 0 saturated carbocycles. The summed E-state index contributed by atoms with van der Waals surface area (Å²) in [7, 11) is 0. The fraction of sp³-hybridized carbons (Fsp3) is 0. The number of ether oxygens (including phenoxy) is 1. The van der Waals surface area contributed by atoms with Crippen molar-refractivity contribution in [3.8, 4) is 5.75 Å². The van der Waals surface area contributed by atoms with Gasteiger partial charge in [-0.3, -0.25) is 9.97 Å². The standard InChI is InChI=1S/C19H12N2O2/c22-19(14-9-11-20-16-7-3-1-5-13(14)16)23-18-10-12-21-17-8-4-2-6-15(17)18/h1-12H. The first-order chi connectivity index (χ1) is 11.3. The van der Waals surface area contributed by atoms with E-state index in [4.69, 9.17) is 4.74 Å². The lowest BCUT2D eigenvalue weighted by Crippen LogP contribution is -2.09. The Bertz CT molecular complexity index is 1020. The van der Waals surface area contributed by atoms with Crippen LogP contribution in [0.15, 0.2) is 73.1 Å². The summed E-state index contributed by atoms with van der Waals surface area (Å²) in [6.45, 7) is 0. The van der Waals surface area contributed by atoms with E-state index in [1.807, 2.05) is 48.5 Å². The molecule has 4 nitrogen and oxygen atoms in total. The van der Waals surface area contributed by atoms with Crippen LogP contribution in [-0.2, 0) is 0 Å². The molecule has 2 aromatic heterocycles. The summed E-state index contributed by atoms with van der Waals surface area (Å²) in [5.41, 5.74) is 2.05. The van der Waals surface area contributed by atoms with Gasteiger partial charge in [0.2, 0.25) is 0 Å². The van der Waals surface area contributed by atoms with E-state index in [1.165, 1.54) is 0 Å². The summed E-state index contributed by atoms with van der Waals surface area (Å²) in [6.07, 6.45) is 3.25. The number of nitrogens with zero attached hydrogens (tertiary/aromatic N) is 2. The Morgan fingerprint density at radius 3 is 2.13 bits per heavy atom. The van der Waals surface area contributed by atoms with Crippen molar-refractivity contribution in [3.05, 3.63) is 78.6 Å². The van der Waals surface area contributed by atoms with Gasteiger partial charge in [0.25, 0.3) is 0 Å². The van der Waals surface area contributed by atoms with E-state index in [0.717, 1.165) is 21.8 Å². The number of rotatable bonds is 2. The number of para-hydroxylation sites is 2. The molecule has 0 aliphatic rings. The monoisotopic (exact) mass is 300 g/mol. The van der Waals surface area contributed by atoms with E-state index < -0.39 is 5.97 Å². The number of fused-ring (bicyclic) bond motifs is 2. The Morgan fingerprint density at radius 1 is 0.739 bits per heavy atom. The smallest absolute Gasteiger partial charge is 0.344 e. The van der Waals surface area contributed by atoms with E-state index in [0.29, 0.717) is 11.3 Å². The van der Waals surface area contributed by atoms with Crippen LogP contribution in [0.1, 0.15) is 10.4 Å². The minimum Gasteiger partial charge on any atom is -0.422 e. The van der Waals surface area contributed by atoms with Gasteiger partial charge in [-0.25, -0.2) is 4.79 Å². The van der Waals surface area contributed by atoms with Crippen molar-refractivity contribution < 1.29 is 9.53 Å². The first-order valence-corrected chi connectivity index (χ1v) is 7.22. The van der Waals surface area contributed by atoms with Crippen molar-refractivity contribution in [3.63, 3.8) is 0 Å². The third-order valence-corrected chi connectivity index (χ3v) is 3.68. The van der Waals surface area contributed by atoms with Gasteiger partial charge in [0, 0.05) is 23.2 Å². The molecule has 0 radical (unpaired) electrons. The predicted molar refractivity (Wildman–Crippen MR) is 88.4 cm³/mol. The van der Waals surface area contributed by atoms with E-state index in [2.05, 4.69) is 9.97 Å². The molecule has 0 saturated heterocycles. The van der Waals surface area contributed by atoms with Gasteiger partial charge >= 0.3 is 5.97 Å². The number of carbonyl (C=O) groups excluding carboxylic acids is 1. The van der Waals surface area contributed by atoms with Gasteiger partial charge in [-0.15, -0.1) is 0 Å². The lowest BCUT2D eigenvalue weighted by Gasteiger charge is -2.08. The topological polar surface area (TPSA) is 52.1 Å². The molecule has 0 amide bonds. The molecule has 0 spiro atoms. The van der Waals surface area contributed by atoms with Crippen molar-refractivity contribution in [1.29, 1.82) is 0 Å². The van der Waals surface area contributed by atoms with Gasteiger partial charge in [-0.05, 0) is 30.3 Å². The quantitative estimate of drug-likeness (QED) is 0.525. The van der Waals surface area contributed by atoms with Gasteiger partial charge in [-0.1, -0.05) is 30.3 Å². The molecular weight excluding hydrogens is 288 g/mol. The highest BCUT2D eigenvalue weighted by Crippen LogP contribution is 2.25. The maximum Gasteiger partial charge on any atom is 0.344 e. The molecule has 0 unspecified atom stereocenters. The van der Waals surface area contributed by atoms with Gasteiger partial charge in [-0.2, -0.15) is 0 Å². The minimum atomic E-state index is -0.403. The zero-order valence-electron chi connectivity index (χ0n) is 12.1. The molecule has 4 rings (SSSR count). The summed E-state index contributed by atoms with van der Waals surface area (Å²) in [5, 5.41) is 1.58. The largest absolute Gasteiger partial charge is 0.422 e. The van der Waals surface area contributed by atoms with Crippen LogP contribution in [0.25, 0.3) is 21.8 Å². The number of benzene rings is 2. The maximum atomic E-state index is 12.6.